The fourth-order valence-electron chi connectivity index (χ4n) is 2.81. The summed E-state index contributed by atoms with van der Waals surface area (Å²) in [7, 11) is 1.85. The van der Waals surface area contributed by atoms with Crippen molar-refractivity contribution in [3.63, 3.8) is 0 Å². The molecule has 1 aliphatic carbocycles. The Kier molecular flexibility index (Phi) is 6.89. The molecule has 138 valence electrons. The first kappa shape index (κ1) is 19.6. The number of hydrogen-bond acceptors (Lipinski definition) is 4. The normalized spacial score (nSPS) is 13.1. The van der Waals surface area contributed by atoms with E-state index in [0.29, 0.717) is 12.3 Å². The molecule has 5 nitrogen and oxygen atoms in total. The van der Waals surface area contributed by atoms with Gasteiger partial charge in [0, 0.05) is 12.6 Å². The number of benzene rings is 2. The molecule has 3 rings (SSSR count). The van der Waals surface area contributed by atoms with Gasteiger partial charge in [0.25, 0.3) is 0 Å². The lowest BCUT2D eigenvalue weighted by Crippen LogP contribution is -2.26. The summed E-state index contributed by atoms with van der Waals surface area (Å²) in [6, 6.07) is 11.1. The molecule has 1 aliphatic rings. The summed E-state index contributed by atoms with van der Waals surface area (Å²) in [5, 5.41) is 1.66. The fraction of sp³-hybridized carbons (Fsp3) is 0.250. The lowest BCUT2D eigenvalue weighted by molar-refractivity contribution is -0.109. The van der Waals surface area contributed by atoms with E-state index in [1.54, 1.807) is 16.5 Å². The van der Waals surface area contributed by atoms with Gasteiger partial charge in [-0.3, -0.25) is 10.2 Å². The van der Waals surface area contributed by atoms with E-state index in [-0.39, 0.29) is 5.82 Å². The van der Waals surface area contributed by atoms with Gasteiger partial charge in [-0.15, -0.1) is 0 Å². The number of halogens is 1. The number of aryl methyl sites for hydroxylation is 1. The average molecular weight is 356 g/mol. The molecule has 0 atom stereocenters. The van der Waals surface area contributed by atoms with Crippen molar-refractivity contribution in [2.24, 2.45) is 11.7 Å². The number of hydrazine groups is 2. The third kappa shape index (κ3) is 5.15. The summed E-state index contributed by atoms with van der Waals surface area (Å²) in [4.78, 5) is 8.94. The molecule has 1 amide bonds. The first-order valence-electron chi connectivity index (χ1n) is 8.43. The number of nitrogens with zero attached hydrogens (tertiary/aromatic N) is 1. The average Bonchev–Trinajstić information content (AvgIpc) is 3.46. The number of rotatable bonds is 5. The van der Waals surface area contributed by atoms with Crippen molar-refractivity contribution in [1.29, 1.82) is 0 Å². The van der Waals surface area contributed by atoms with Crippen LogP contribution >= 0.6 is 0 Å². The molecule has 1 fully saturated rings. The Bertz CT molecular complexity index is 765. The molecule has 0 saturated heterocycles. The topological polar surface area (TPSA) is 84.4 Å². The SMILES string of the molecule is Cc1cc(F)ccc1/C=C/c1c(C2CC2)cccc1N(C)N.NNC=O. The largest absolute Gasteiger partial charge is 0.314 e. The summed E-state index contributed by atoms with van der Waals surface area (Å²) in [6.45, 7) is 1.92. The molecule has 1 saturated carbocycles. The quantitative estimate of drug-likeness (QED) is 0.253. The van der Waals surface area contributed by atoms with Gasteiger partial charge in [-0.2, -0.15) is 0 Å². The van der Waals surface area contributed by atoms with Crippen LogP contribution in [0.5, 0.6) is 0 Å². The number of carbonyl (C=O) groups excluding carboxylic acids is 1. The van der Waals surface area contributed by atoms with Crippen LogP contribution in [0.15, 0.2) is 36.4 Å². The molecule has 0 heterocycles. The van der Waals surface area contributed by atoms with Crippen LogP contribution in [0.25, 0.3) is 12.2 Å². The molecule has 0 bridgehead atoms. The number of anilines is 1. The molecule has 2 aromatic rings. The van der Waals surface area contributed by atoms with E-state index >= 15 is 0 Å². The number of nitrogens with one attached hydrogen (secondary N) is 1. The predicted molar refractivity (Wildman–Crippen MR) is 104 cm³/mol. The molecule has 0 aliphatic heterocycles. The second kappa shape index (κ2) is 9.12. The highest BCUT2D eigenvalue weighted by atomic mass is 19.1. The molecule has 2 aromatic carbocycles. The monoisotopic (exact) mass is 356 g/mol. The molecule has 0 radical (unpaired) electrons. The van der Waals surface area contributed by atoms with E-state index in [9.17, 15) is 4.39 Å². The number of amides is 1. The highest BCUT2D eigenvalue weighted by Gasteiger charge is 2.26. The van der Waals surface area contributed by atoms with Crippen LogP contribution in [0, 0.1) is 12.7 Å². The van der Waals surface area contributed by atoms with Gasteiger partial charge < -0.3 is 5.01 Å². The van der Waals surface area contributed by atoms with Crippen molar-refractivity contribution in [1.82, 2.24) is 5.43 Å². The highest BCUT2D eigenvalue weighted by molar-refractivity contribution is 5.80. The van der Waals surface area contributed by atoms with Gasteiger partial charge in [0.1, 0.15) is 5.82 Å². The van der Waals surface area contributed by atoms with Crippen molar-refractivity contribution < 1.29 is 9.18 Å². The van der Waals surface area contributed by atoms with Gasteiger partial charge in [-0.25, -0.2) is 16.1 Å². The molecular formula is C20H25FN4O. The van der Waals surface area contributed by atoms with E-state index in [1.165, 1.54) is 30.0 Å². The molecule has 0 unspecified atom stereocenters. The number of nitrogens with two attached hydrogens (primary N) is 2. The Labute approximate surface area is 153 Å². The second-order valence-electron chi connectivity index (χ2n) is 6.28. The van der Waals surface area contributed by atoms with Gasteiger partial charge in [-0.1, -0.05) is 30.4 Å². The zero-order valence-electron chi connectivity index (χ0n) is 15.1. The maximum Gasteiger partial charge on any atom is 0.221 e. The first-order valence-corrected chi connectivity index (χ1v) is 8.43. The summed E-state index contributed by atoms with van der Waals surface area (Å²) in [6.07, 6.45) is 7.04. The van der Waals surface area contributed by atoms with Crippen LogP contribution < -0.4 is 22.1 Å². The Hall–Kier alpha value is -2.70. The van der Waals surface area contributed by atoms with Gasteiger partial charge in [-0.05, 0) is 60.6 Å². The molecule has 6 heteroatoms. The minimum Gasteiger partial charge on any atom is -0.314 e. The van der Waals surface area contributed by atoms with Gasteiger partial charge in [0.15, 0.2) is 0 Å². The van der Waals surface area contributed by atoms with Gasteiger partial charge >= 0.3 is 0 Å². The Morgan fingerprint density at radius 3 is 2.46 bits per heavy atom. The third-order valence-corrected chi connectivity index (χ3v) is 4.24. The Balaban J connectivity index is 0.000000552. The second-order valence-corrected chi connectivity index (χ2v) is 6.28. The van der Waals surface area contributed by atoms with Crippen LogP contribution in [0.2, 0.25) is 0 Å². The molecule has 26 heavy (non-hydrogen) atoms. The van der Waals surface area contributed by atoms with Crippen molar-refractivity contribution in [3.8, 4) is 0 Å². The maximum absolute atomic E-state index is 13.2. The van der Waals surface area contributed by atoms with Crippen molar-refractivity contribution in [2.45, 2.75) is 25.7 Å². The Morgan fingerprint density at radius 2 is 1.92 bits per heavy atom. The van der Waals surface area contributed by atoms with E-state index < -0.39 is 0 Å². The summed E-state index contributed by atoms with van der Waals surface area (Å²) in [5.74, 6) is 10.8. The fourth-order valence-corrected chi connectivity index (χ4v) is 2.81. The van der Waals surface area contributed by atoms with E-state index in [2.05, 4.69) is 24.1 Å². The van der Waals surface area contributed by atoms with Crippen LogP contribution in [-0.2, 0) is 4.79 Å². The lowest BCUT2D eigenvalue weighted by Gasteiger charge is -2.18. The molecule has 0 spiro atoms. The molecular weight excluding hydrogens is 331 g/mol. The minimum absolute atomic E-state index is 0.199. The van der Waals surface area contributed by atoms with Crippen LogP contribution in [-0.4, -0.2) is 13.5 Å². The Morgan fingerprint density at radius 1 is 1.23 bits per heavy atom. The van der Waals surface area contributed by atoms with Crippen molar-refractivity contribution in [2.75, 3.05) is 12.1 Å². The van der Waals surface area contributed by atoms with Crippen molar-refractivity contribution >= 4 is 24.2 Å². The minimum atomic E-state index is -0.199. The van der Waals surface area contributed by atoms with Gasteiger partial charge in [0.05, 0.1) is 5.69 Å². The van der Waals surface area contributed by atoms with Gasteiger partial charge in [0.2, 0.25) is 6.41 Å². The smallest absolute Gasteiger partial charge is 0.221 e. The first-order chi connectivity index (χ1) is 12.5. The summed E-state index contributed by atoms with van der Waals surface area (Å²) < 4.78 is 13.2. The standard InChI is InChI=1S/C19H21FN2.CH4N2O/c1-13-12-16(20)10-8-14(13)9-11-18-17(15-6-7-15)4-3-5-19(18)22(2)21;2-3-1-4/h3-5,8-12,15H,6-7,21H2,1-2H3;1H,2H2,(H,3,4)/b11-9+;. The highest BCUT2D eigenvalue weighted by Crippen LogP contribution is 2.44. The number of carbonyl (C=O) groups is 1. The summed E-state index contributed by atoms with van der Waals surface area (Å²) in [5.41, 5.74) is 7.24. The molecule has 0 aromatic heterocycles. The predicted octanol–water partition coefficient (Wildman–Crippen LogP) is 3.10. The maximum atomic E-state index is 13.2. The van der Waals surface area contributed by atoms with E-state index in [1.807, 2.05) is 32.2 Å². The number of hydrogen-bond donors (Lipinski definition) is 3. The lowest BCUT2D eigenvalue weighted by atomic mass is 9.99. The van der Waals surface area contributed by atoms with Crippen LogP contribution in [0.1, 0.15) is 41.0 Å². The van der Waals surface area contributed by atoms with E-state index in [0.717, 1.165) is 16.8 Å². The van der Waals surface area contributed by atoms with E-state index in [4.69, 9.17) is 10.6 Å². The van der Waals surface area contributed by atoms with Crippen LogP contribution in [0.4, 0.5) is 10.1 Å². The van der Waals surface area contributed by atoms with Crippen molar-refractivity contribution in [3.05, 3.63) is 64.5 Å². The summed E-state index contributed by atoms with van der Waals surface area (Å²) >= 11 is 0. The third-order valence-electron chi connectivity index (χ3n) is 4.24. The zero-order chi connectivity index (χ0) is 19.1. The zero-order valence-corrected chi connectivity index (χ0v) is 15.1. The van der Waals surface area contributed by atoms with Crippen LogP contribution in [0.3, 0.4) is 0 Å². The molecule has 5 N–H and O–H groups in total.